The van der Waals surface area contributed by atoms with Gasteiger partial charge in [0.15, 0.2) is 0 Å². The summed E-state index contributed by atoms with van der Waals surface area (Å²) in [6.07, 6.45) is 0. The van der Waals surface area contributed by atoms with E-state index in [2.05, 4.69) is 205 Å². The third kappa shape index (κ3) is 6.68. The molecular weight excluding hydrogens is 593 g/mol. The average Bonchev–Trinajstić information content (AvgIpc) is 3.19. The Morgan fingerprint density at radius 2 is 0.633 bits per heavy atom. The summed E-state index contributed by atoms with van der Waals surface area (Å²) in [6, 6.07) is 67.5. The number of hydrogen-bond donors (Lipinski definition) is 0. The van der Waals surface area contributed by atoms with Gasteiger partial charge in [0.1, 0.15) is 0 Å². The van der Waals surface area contributed by atoms with Crippen LogP contribution < -0.4 is 9.80 Å². The molecule has 0 saturated carbocycles. The highest BCUT2D eigenvalue weighted by Gasteiger charge is 2.15. The van der Waals surface area contributed by atoms with Gasteiger partial charge in [-0.05, 0) is 117 Å². The normalized spacial score (nSPS) is 10.8. The Labute approximate surface area is 290 Å². The van der Waals surface area contributed by atoms with E-state index in [1.54, 1.807) is 0 Å². The van der Waals surface area contributed by atoms with E-state index >= 15 is 0 Å². The number of nitrogens with zero attached hydrogens (tertiary/aromatic N) is 2. The first kappa shape index (κ1) is 31.5. The van der Waals surface area contributed by atoms with Crippen LogP contribution in [0.2, 0.25) is 0 Å². The fourth-order valence-corrected chi connectivity index (χ4v) is 6.42. The minimum Gasteiger partial charge on any atom is -0.345 e. The lowest BCUT2D eigenvalue weighted by Gasteiger charge is -2.27. The molecule has 2 heteroatoms. The smallest absolute Gasteiger partial charge is 0.0463 e. The Bertz CT molecular complexity index is 2190. The molecule has 0 aliphatic carbocycles. The van der Waals surface area contributed by atoms with Crippen LogP contribution in [0.3, 0.4) is 0 Å². The molecule has 0 aromatic heterocycles. The monoisotopic (exact) mass is 632 g/mol. The lowest BCUT2D eigenvalue weighted by Crippen LogP contribution is -2.12. The number of hydrogen-bond acceptors (Lipinski definition) is 2. The van der Waals surface area contributed by atoms with Crippen molar-refractivity contribution >= 4 is 50.0 Å². The van der Waals surface area contributed by atoms with Gasteiger partial charge in [-0.25, -0.2) is 0 Å². The highest BCUT2D eigenvalue weighted by Crippen LogP contribution is 2.38. The molecular formula is C47H40N2. The first-order chi connectivity index (χ1) is 24.2. The molecule has 0 unspecified atom stereocenters. The largest absolute Gasteiger partial charge is 0.345 e. The Balaban J connectivity index is 0.00000186. The van der Waals surface area contributed by atoms with Crippen LogP contribution in [0.25, 0.3) is 43.8 Å². The highest BCUT2D eigenvalue weighted by atomic mass is 15.1. The van der Waals surface area contributed by atoms with E-state index in [0.29, 0.717) is 0 Å². The molecule has 8 rings (SSSR count). The molecule has 0 aliphatic rings. The van der Waals surface area contributed by atoms with Gasteiger partial charge in [0.2, 0.25) is 0 Å². The molecule has 238 valence electrons. The van der Waals surface area contributed by atoms with E-state index in [0.717, 1.165) is 28.4 Å². The van der Waals surface area contributed by atoms with Gasteiger partial charge < -0.3 is 9.80 Å². The maximum absolute atomic E-state index is 2.33. The van der Waals surface area contributed by atoms with Crippen molar-refractivity contribution in [2.45, 2.75) is 13.8 Å². The van der Waals surface area contributed by atoms with Gasteiger partial charge in [0, 0.05) is 35.5 Å². The molecule has 0 fully saturated rings. The van der Waals surface area contributed by atoms with Gasteiger partial charge in [0.25, 0.3) is 0 Å². The zero-order valence-corrected chi connectivity index (χ0v) is 28.3. The van der Waals surface area contributed by atoms with E-state index in [4.69, 9.17) is 0 Å². The van der Waals surface area contributed by atoms with Crippen LogP contribution in [0.5, 0.6) is 0 Å². The summed E-state index contributed by atoms with van der Waals surface area (Å²) in [7, 11) is 2.14. The van der Waals surface area contributed by atoms with Gasteiger partial charge in [-0.3, -0.25) is 0 Å². The highest BCUT2D eigenvalue weighted by molar-refractivity contribution is 5.99. The van der Waals surface area contributed by atoms with Gasteiger partial charge in [-0.1, -0.05) is 129 Å². The maximum Gasteiger partial charge on any atom is 0.0463 e. The first-order valence-corrected chi connectivity index (χ1v) is 17.1. The second-order valence-electron chi connectivity index (χ2n) is 12.0. The molecule has 0 bridgehead atoms. The molecule has 0 radical (unpaired) electrons. The van der Waals surface area contributed by atoms with E-state index in [1.165, 1.54) is 43.8 Å². The summed E-state index contributed by atoms with van der Waals surface area (Å²) in [4.78, 5) is 4.58. The number of benzene rings is 8. The quantitative estimate of drug-likeness (QED) is 0.161. The molecule has 0 atom stereocenters. The predicted molar refractivity (Wildman–Crippen MR) is 213 cm³/mol. The Morgan fingerprint density at radius 1 is 0.286 bits per heavy atom. The lowest BCUT2D eigenvalue weighted by atomic mass is 10.0. The number of rotatable bonds is 7. The molecule has 0 amide bonds. The predicted octanol–water partition coefficient (Wildman–Crippen LogP) is 13.6. The Hall–Kier alpha value is -6.12. The van der Waals surface area contributed by atoms with Crippen molar-refractivity contribution in [3.63, 3.8) is 0 Å². The summed E-state index contributed by atoms with van der Waals surface area (Å²) in [5.41, 5.74) is 10.5. The zero-order valence-electron chi connectivity index (χ0n) is 28.3. The van der Waals surface area contributed by atoms with Crippen molar-refractivity contribution in [1.29, 1.82) is 0 Å². The third-order valence-electron chi connectivity index (χ3n) is 9.04. The van der Waals surface area contributed by atoms with Crippen LogP contribution >= 0.6 is 0 Å². The third-order valence-corrected chi connectivity index (χ3v) is 9.04. The molecule has 2 nitrogen and oxygen atoms in total. The van der Waals surface area contributed by atoms with Crippen molar-refractivity contribution in [2.75, 3.05) is 16.8 Å². The number of anilines is 5. The van der Waals surface area contributed by atoms with E-state index < -0.39 is 0 Å². The van der Waals surface area contributed by atoms with Crippen LogP contribution in [0.4, 0.5) is 28.4 Å². The average molecular weight is 633 g/mol. The van der Waals surface area contributed by atoms with Crippen LogP contribution in [-0.4, -0.2) is 7.05 Å². The van der Waals surface area contributed by atoms with Crippen LogP contribution in [0, 0.1) is 0 Å². The fourth-order valence-electron chi connectivity index (χ4n) is 6.42. The van der Waals surface area contributed by atoms with E-state index in [9.17, 15) is 0 Å². The second kappa shape index (κ2) is 14.3. The van der Waals surface area contributed by atoms with Crippen molar-refractivity contribution in [3.8, 4) is 22.3 Å². The van der Waals surface area contributed by atoms with E-state index in [1.807, 2.05) is 13.8 Å². The van der Waals surface area contributed by atoms with Crippen molar-refractivity contribution in [3.05, 3.63) is 188 Å². The van der Waals surface area contributed by atoms with Gasteiger partial charge in [0.05, 0.1) is 0 Å². The molecule has 0 spiro atoms. The summed E-state index contributed by atoms with van der Waals surface area (Å²) < 4.78 is 0. The standard InChI is InChI=1S/C45H34N2.C2H6/c1-46(45-25-20-39-30-37-14-8-9-15-38(37)31-40(39)32-45)41-26-28-44(29-27-41)47(42-21-16-35(17-22-42)33-10-4-2-5-11-33)43-23-18-36(19-24-43)34-12-6-3-7-13-34;1-2/h2-32H,1H3;1-2H3. The molecule has 49 heavy (non-hydrogen) atoms. The Kier molecular flexibility index (Phi) is 9.21. The molecule has 0 saturated heterocycles. The summed E-state index contributed by atoms with van der Waals surface area (Å²) in [5, 5.41) is 5.03. The van der Waals surface area contributed by atoms with Crippen molar-refractivity contribution in [1.82, 2.24) is 0 Å². The number of fused-ring (bicyclic) bond motifs is 2. The molecule has 8 aromatic carbocycles. The topological polar surface area (TPSA) is 6.48 Å². The summed E-state index contributed by atoms with van der Waals surface area (Å²) in [6.45, 7) is 4.00. The molecule has 0 heterocycles. The van der Waals surface area contributed by atoms with Crippen LogP contribution in [0.15, 0.2) is 188 Å². The van der Waals surface area contributed by atoms with Crippen molar-refractivity contribution in [2.24, 2.45) is 0 Å². The minimum atomic E-state index is 1.10. The lowest BCUT2D eigenvalue weighted by molar-refractivity contribution is 1.21. The van der Waals surface area contributed by atoms with Crippen LogP contribution in [-0.2, 0) is 0 Å². The summed E-state index contributed by atoms with van der Waals surface area (Å²) >= 11 is 0. The van der Waals surface area contributed by atoms with Gasteiger partial charge in [-0.2, -0.15) is 0 Å². The minimum absolute atomic E-state index is 1.10. The molecule has 0 N–H and O–H groups in total. The Morgan fingerprint density at radius 3 is 1.12 bits per heavy atom. The second-order valence-corrected chi connectivity index (χ2v) is 12.0. The molecule has 8 aromatic rings. The van der Waals surface area contributed by atoms with Crippen molar-refractivity contribution < 1.29 is 0 Å². The maximum atomic E-state index is 2.33. The zero-order chi connectivity index (χ0) is 33.6. The van der Waals surface area contributed by atoms with Crippen LogP contribution in [0.1, 0.15) is 13.8 Å². The summed E-state index contributed by atoms with van der Waals surface area (Å²) in [5.74, 6) is 0. The van der Waals surface area contributed by atoms with E-state index in [-0.39, 0.29) is 0 Å². The van der Waals surface area contributed by atoms with Gasteiger partial charge >= 0.3 is 0 Å². The fraction of sp³-hybridized carbons (Fsp3) is 0.0638. The molecule has 0 aliphatic heterocycles. The van der Waals surface area contributed by atoms with Gasteiger partial charge in [-0.15, -0.1) is 0 Å². The SMILES string of the molecule is CC.CN(c1ccc(N(c2ccc(-c3ccccc3)cc2)c2ccc(-c3ccccc3)cc2)cc1)c1ccc2cc3ccccc3cc2c1. The first-order valence-electron chi connectivity index (χ1n) is 17.1.